The van der Waals surface area contributed by atoms with Gasteiger partial charge in [-0.3, -0.25) is 0 Å². The Bertz CT molecular complexity index is 380. The van der Waals surface area contributed by atoms with Crippen LogP contribution in [0.4, 0.5) is 0 Å². The highest BCUT2D eigenvalue weighted by Crippen LogP contribution is 2.28. The minimum absolute atomic E-state index is 0.322. The molecule has 4 heteroatoms. The predicted molar refractivity (Wildman–Crippen MR) is 81.1 cm³/mol. The van der Waals surface area contributed by atoms with E-state index in [1.807, 2.05) is 30.9 Å². The molecule has 1 aliphatic rings. The van der Waals surface area contributed by atoms with Gasteiger partial charge in [-0.05, 0) is 26.0 Å². The van der Waals surface area contributed by atoms with Crippen LogP contribution >= 0.6 is 11.8 Å². The number of para-hydroxylation sites is 1. The molecule has 1 aromatic rings. The van der Waals surface area contributed by atoms with Gasteiger partial charge in [0.1, 0.15) is 5.75 Å². The van der Waals surface area contributed by atoms with Crippen LogP contribution in [-0.2, 0) is 4.74 Å². The van der Waals surface area contributed by atoms with Crippen molar-refractivity contribution in [2.45, 2.75) is 25.0 Å². The van der Waals surface area contributed by atoms with Crippen molar-refractivity contribution in [2.24, 2.45) is 0 Å². The predicted octanol–water partition coefficient (Wildman–Crippen LogP) is 2.87. The molecule has 0 spiro atoms. The number of ether oxygens (including phenoxy) is 2. The third-order valence-corrected chi connectivity index (χ3v) is 4.65. The van der Waals surface area contributed by atoms with Crippen LogP contribution in [0, 0.1) is 0 Å². The van der Waals surface area contributed by atoms with E-state index in [2.05, 4.69) is 17.4 Å². The van der Waals surface area contributed by atoms with Crippen molar-refractivity contribution in [3.8, 4) is 5.75 Å². The molecule has 3 nitrogen and oxygen atoms in total. The normalized spacial score (nSPS) is 20.4. The summed E-state index contributed by atoms with van der Waals surface area (Å²) in [5.41, 5.74) is 1.23. The molecule has 1 N–H and O–H groups in total. The second-order valence-electron chi connectivity index (χ2n) is 4.76. The Morgan fingerprint density at radius 2 is 2.32 bits per heavy atom. The topological polar surface area (TPSA) is 30.5 Å². The van der Waals surface area contributed by atoms with Crippen LogP contribution in [-0.4, -0.2) is 38.4 Å². The molecule has 19 heavy (non-hydrogen) atoms. The summed E-state index contributed by atoms with van der Waals surface area (Å²) in [5.74, 6) is 3.09. The summed E-state index contributed by atoms with van der Waals surface area (Å²) < 4.78 is 11.1. The zero-order chi connectivity index (χ0) is 13.5. The quantitative estimate of drug-likeness (QED) is 0.832. The fraction of sp³-hybridized carbons (Fsp3) is 0.600. The molecule has 0 bridgehead atoms. The lowest BCUT2D eigenvalue weighted by Gasteiger charge is -2.19. The molecule has 0 aliphatic carbocycles. The number of thioether (sulfide) groups is 1. The molecular weight excluding hydrogens is 258 g/mol. The Labute approximate surface area is 120 Å². The lowest BCUT2D eigenvalue weighted by molar-refractivity contribution is 0.129. The number of rotatable bonds is 7. The van der Waals surface area contributed by atoms with E-state index in [1.165, 1.54) is 18.4 Å². The Hall–Kier alpha value is -0.710. The first kappa shape index (κ1) is 14.7. The van der Waals surface area contributed by atoms with Crippen molar-refractivity contribution in [3.05, 3.63) is 29.8 Å². The molecule has 2 atom stereocenters. The van der Waals surface area contributed by atoms with Crippen molar-refractivity contribution in [1.82, 2.24) is 5.32 Å². The van der Waals surface area contributed by atoms with Gasteiger partial charge in [0.05, 0.1) is 13.2 Å². The molecule has 106 valence electrons. The Morgan fingerprint density at radius 3 is 3.00 bits per heavy atom. The number of nitrogens with one attached hydrogen (secondary N) is 1. The van der Waals surface area contributed by atoms with Gasteiger partial charge in [-0.1, -0.05) is 18.2 Å². The first-order valence-electron chi connectivity index (χ1n) is 6.84. The average Bonchev–Trinajstić information content (AvgIpc) is 2.97. The minimum atomic E-state index is 0.322. The third kappa shape index (κ3) is 4.13. The van der Waals surface area contributed by atoms with E-state index in [0.717, 1.165) is 23.9 Å². The Balaban J connectivity index is 1.88. The number of benzene rings is 1. The molecule has 1 fully saturated rings. The van der Waals surface area contributed by atoms with E-state index in [-0.39, 0.29) is 0 Å². The number of methoxy groups -OCH3 is 1. The molecule has 2 rings (SSSR count). The highest BCUT2D eigenvalue weighted by molar-refractivity contribution is 7.99. The van der Waals surface area contributed by atoms with Gasteiger partial charge in [0, 0.05) is 29.7 Å². The smallest absolute Gasteiger partial charge is 0.123 e. The summed E-state index contributed by atoms with van der Waals surface area (Å²) in [6, 6.07) is 8.54. The average molecular weight is 281 g/mol. The maximum atomic E-state index is 5.65. The zero-order valence-electron chi connectivity index (χ0n) is 11.7. The van der Waals surface area contributed by atoms with Crippen LogP contribution < -0.4 is 10.1 Å². The van der Waals surface area contributed by atoms with Gasteiger partial charge in [0.25, 0.3) is 0 Å². The molecule has 0 amide bonds. The SMILES string of the molecule is CNC(CSCC1CCCO1)c1ccccc1OC. The second-order valence-corrected chi connectivity index (χ2v) is 5.83. The van der Waals surface area contributed by atoms with Gasteiger partial charge in [0.2, 0.25) is 0 Å². The summed E-state index contributed by atoms with van der Waals surface area (Å²) in [6.07, 6.45) is 2.89. The lowest BCUT2D eigenvalue weighted by atomic mass is 10.1. The second kappa shape index (κ2) is 7.78. The van der Waals surface area contributed by atoms with Crippen LogP contribution in [0.15, 0.2) is 24.3 Å². The molecule has 2 unspecified atom stereocenters. The fourth-order valence-electron chi connectivity index (χ4n) is 2.38. The van der Waals surface area contributed by atoms with Gasteiger partial charge in [0.15, 0.2) is 0 Å². The van der Waals surface area contributed by atoms with Gasteiger partial charge < -0.3 is 14.8 Å². The molecular formula is C15H23NO2S. The van der Waals surface area contributed by atoms with Crippen LogP contribution in [0.3, 0.4) is 0 Å². The first-order valence-corrected chi connectivity index (χ1v) is 8.00. The molecule has 0 aromatic heterocycles. The van der Waals surface area contributed by atoms with Crippen LogP contribution in [0.1, 0.15) is 24.4 Å². The monoisotopic (exact) mass is 281 g/mol. The molecule has 1 aromatic carbocycles. The number of hydrogen-bond acceptors (Lipinski definition) is 4. The van der Waals surface area contributed by atoms with Crippen LogP contribution in [0.25, 0.3) is 0 Å². The van der Waals surface area contributed by atoms with Crippen LogP contribution in [0.2, 0.25) is 0 Å². The standard InChI is InChI=1S/C15H23NO2S/c1-16-14(11-19-10-12-6-5-9-18-12)13-7-3-4-8-15(13)17-2/h3-4,7-8,12,14,16H,5-6,9-11H2,1-2H3. The fourth-order valence-corrected chi connectivity index (χ4v) is 3.62. The van der Waals surface area contributed by atoms with E-state index >= 15 is 0 Å². The Kier molecular flexibility index (Phi) is 6.01. The van der Waals surface area contributed by atoms with E-state index in [1.54, 1.807) is 7.11 Å². The summed E-state index contributed by atoms with van der Waals surface area (Å²) in [7, 11) is 3.73. The van der Waals surface area contributed by atoms with Crippen molar-refractivity contribution < 1.29 is 9.47 Å². The van der Waals surface area contributed by atoms with E-state index < -0.39 is 0 Å². The highest BCUT2D eigenvalue weighted by atomic mass is 32.2. The van der Waals surface area contributed by atoms with Gasteiger partial charge >= 0.3 is 0 Å². The number of hydrogen-bond donors (Lipinski definition) is 1. The molecule has 0 radical (unpaired) electrons. The van der Waals surface area contributed by atoms with Crippen molar-refractivity contribution in [1.29, 1.82) is 0 Å². The first-order chi connectivity index (χ1) is 9.35. The van der Waals surface area contributed by atoms with Crippen molar-refractivity contribution in [2.75, 3.05) is 32.3 Å². The van der Waals surface area contributed by atoms with E-state index in [4.69, 9.17) is 9.47 Å². The minimum Gasteiger partial charge on any atom is -0.496 e. The summed E-state index contributed by atoms with van der Waals surface area (Å²) in [6.45, 7) is 0.938. The Morgan fingerprint density at radius 1 is 1.47 bits per heavy atom. The summed E-state index contributed by atoms with van der Waals surface area (Å²) in [4.78, 5) is 0. The van der Waals surface area contributed by atoms with Crippen molar-refractivity contribution >= 4 is 11.8 Å². The summed E-state index contributed by atoms with van der Waals surface area (Å²) >= 11 is 1.95. The molecule has 1 heterocycles. The summed E-state index contributed by atoms with van der Waals surface area (Å²) in [5, 5.41) is 3.38. The third-order valence-electron chi connectivity index (χ3n) is 3.48. The maximum Gasteiger partial charge on any atom is 0.123 e. The zero-order valence-corrected chi connectivity index (χ0v) is 12.5. The van der Waals surface area contributed by atoms with E-state index in [0.29, 0.717) is 12.1 Å². The van der Waals surface area contributed by atoms with Gasteiger partial charge in [-0.15, -0.1) is 0 Å². The maximum absolute atomic E-state index is 5.65. The lowest BCUT2D eigenvalue weighted by Crippen LogP contribution is -2.20. The largest absolute Gasteiger partial charge is 0.496 e. The van der Waals surface area contributed by atoms with Crippen molar-refractivity contribution in [3.63, 3.8) is 0 Å². The highest BCUT2D eigenvalue weighted by Gasteiger charge is 2.18. The molecule has 1 aliphatic heterocycles. The van der Waals surface area contributed by atoms with Gasteiger partial charge in [-0.2, -0.15) is 11.8 Å². The molecule has 1 saturated heterocycles. The molecule has 0 saturated carbocycles. The van der Waals surface area contributed by atoms with Gasteiger partial charge in [-0.25, -0.2) is 0 Å². The van der Waals surface area contributed by atoms with E-state index in [9.17, 15) is 0 Å². The van der Waals surface area contributed by atoms with Crippen LogP contribution in [0.5, 0.6) is 5.75 Å².